The summed E-state index contributed by atoms with van der Waals surface area (Å²) in [5.74, 6) is -3.83. The van der Waals surface area contributed by atoms with Gasteiger partial charge in [-0.15, -0.1) is 0 Å². The SMILES string of the molecule is CCCCCCCCCCCCCCCCCC(=O)C(O)C(O)(C(=O)CCCCCCCCCCCCCCCCC)C1(O)C(=O)CCC1=O. The van der Waals surface area contributed by atoms with Crippen LogP contribution < -0.4 is 0 Å². The highest BCUT2D eigenvalue weighted by Crippen LogP contribution is 2.38. The van der Waals surface area contributed by atoms with E-state index in [1.54, 1.807) is 0 Å². The highest BCUT2D eigenvalue weighted by molar-refractivity contribution is 6.21. The molecule has 1 aliphatic carbocycles. The standard InChI is InChI=1S/C43H78O7/c1-3-5-7-9-11-13-15-17-19-21-23-25-27-29-31-33-37(44)41(48)43(50,42(49)39(46)35-36-40(42)47)38(45)34-32-30-28-26-24-22-20-18-16-14-12-10-8-6-4-2/h41,48-50H,3-36H2,1-2H3. The molecule has 1 fully saturated rings. The molecule has 7 heteroatoms. The zero-order valence-electron chi connectivity index (χ0n) is 32.6. The van der Waals surface area contributed by atoms with Gasteiger partial charge in [-0.1, -0.05) is 194 Å². The summed E-state index contributed by atoms with van der Waals surface area (Å²) in [7, 11) is 0. The molecule has 2 atom stereocenters. The molecule has 7 nitrogen and oxygen atoms in total. The maximum absolute atomic E-state index is 13.4. The topological polar surface area (TPSA) is 129 Å². The van der Waals surface area contributed by atoms with Gasteiger partial charge in [0.1, 0.15) is 0 Å². The monoisotopic (exact) mass is 707 g/mol. The number of carbonyl (C=O) groups is 4. The lowest BCUT2D eigenvalue weighted by molar-refractivity contribution is -0.202. The number of aliphatic hydroxyl groups is 3. The van der Waals surface area contributed by atoms with Gasteiger partial charge in [-0.05, 0) is 12.8 Å². The van der Waals surface area contributed by atoms with Crippen molar-refractivity contribution >= 4 is 23.1 Å². The van der Waals surface area contributed by atoms with Gasteiger partial charge in [0, 0.05) is 25.7 Å². The van der Waals surface area contributed by atoms with Crippen molar-refractivity contribution in [1.29, 1.82) is 0 Å². The second kappa shape index (κ2) is 29.1. The molecule has 0 bridgehead atoms. The van der Waals surface area contributed by atoms with Crippen molar-refractivity contribution in [3.05, 3.63) is 0 Å². The van der Waals surface area contributed by atoms with Crippen molar-refractivity contribution in [1.82, 2.24) is 0 Å². The Hall–Kier alpha value is -1.44. The quantitative estimate of drug-likeness (QED) is 0.0437. The molecule has 3 N–H and O–H groups in total. The molecule has 0 aromatic carbocycles. The van der Waals surface area contributed by atoms with E-state index in [-0.39, 0.29) is 25.7 Å². The number of hydrogen-bond acceptors (Lipinski definition) is 7. The average molecular weight is 707 g/mol. The van der Waals surface area contributed by atoms with Gasteiger partial charge in [0.2, 0.25) is 5.60 Å². The maximum Gasteiger partial charge on any atom is 0.220 e. The summed E-state index contributed by atoms with van der Waals surface area (Å²) in [5, 5.41) is 33.8. The second-order valence-corrected chi connectivity index (χ2v) is 15.5. The lowest BCUT2D eigenvalue weighted by Crippen LogP contribution is -2.72. The van der Waals surface area contributed by atoms with Crippen LogP contribution >= 0.6 is 0 Å². The molecule has 0 aromatic heterocycles. The molecule has 0 amide bonds. The Morgan fingerprint density at radius 1 is 0.520 bits per heavy atom. The van der Waals surface area contributed by atoms with E-state index in [4.69, 9.17) is 0 Å². The summed E-state index contributed by atoms with van der Waals surface area (Å²) in [4.78, 5) is 51.9. The zero-order valence-corrected chi connectivity index (χ0v) is 32.6. The highest BCUT2D eigenvalue weighted by Gasteiger charge is 2.69. The van der Waals surface area contributed by atoms with Crippen molar-refractivity contribution in [3.8, 4) is 0 Å². The molecule has 0 aliphatic heterocycles. The molecule has 0 saturated heterocycles. The first-order valence-electron chi connectivity index (χ1n) is 21.4. The molecular weight excluding hydrogens is 628 g/mol. The summed E-state index contributed by atoms with van der Waals surface area (Å²) in [6.07, 6.45) is 31.4. The molecule has 2 unspecified atom stereocenters. The largest absolute Gasteiger partial charge is 0.382 e. The summed E-state index contributed by atoms with van der Waals surface area (Å²) in [5.41, 5.74) is -6.23. The van der Waals surface area contributed by atoms with Crippen LogP contribution in [0.2, 0.25) is 0 Å². The molecular formula is C43H78O7. The van der Waals surface area contributed by atoms with Crippen LogP contribution in [0.3, 0.4) is 0 Å². The number of hydrogen-bond donors (Lipinski definition) is 3. The van der Waals surface area contributed by atoms with E-state index >= 15 is 0 Å². The molecule has 1 aliphatic rings. The van der Waals surface area contributed by atoms with Gasteiger partial charge in [-0.25, -0.2) is 0 Å². The molecule has 0 heterocycles. The highest BCUT2D eigenvalue weighted by atomic mass is 16.4. The Balaban J connectivity index is 2.37. The normalized spacial score (nSPS) is 16.2. The fraction of sp³-hybridized carbons (Fsp3) is 0.907. The Morgan fingerprint density at radius 2 is 0.780 bits per heavy atom. The van der Waals surface area contributed by atoms with Crippen LogP contribution in [0, 0.1) is 0 Å². The van der Waals surface area contributed by atoms with Crippen LogP contribution in [-0.4, -0.2) is 55.8 Å². The first-order chi connectivity index (χ1) is 24.2. The predicted octanol–water partition coefficient (Wildman–Crippen LogP) is 10.4. The number of unbranched alkanes of at least 4 members (excludes halogenated alkanes) is 28. The van der Waals surface area contributed by atoms with Gasteiger partial charge in [0.15, 0.2) is 34.8 Å². The van der Waals surface area contributed by atoms with E-state index in [1.165, 1.54) is 128 Å². The van der Waals surface area contributed by atoms with Crippen LogP contribution in [0.5, 0.6) is 0 Å². The number of aliphatic hydroxyl groups excluding tert-OH is 1. The van der Waals surface area contributed by atoms with E-state index < -0.39 is 40.4 Å². The van der Waals surface area contributed by atoms with Gasteiger partial charge >= 0.3 is 0 Å². The van der Waals surface area contributed by atoms with Gasteiger partial charge < -0.3 is 15.3 Å². The van der Waals surface area contributed by atoms with Gasteiger partial charge in [-0.3, -0.25) is 19.2 Å². The minimum absolute atomic E-state index is 0.0908. The fourth-order valence-corrected chi connectivity index (χ4v) is 7.61. The van der Waals surface area contributed by atoms with E-state index in [0.29, 0.717) is 19.3 Å². The number of rotatable bonds is 36. The van der Waals surface area contributed by atoms with Gasteiger partial charge in [0.05, 0.1) is 0 Å². The third-order valence-corrected chi connectivity index (χ3v) is 11.1. The first kappa shape index (κ1) is 46.6. The average Bonchev–Trinajstić information content (AvgIpc) is 3.38. The number of Topliss-reactive ketones (excluding diaryl/α,β-unsaturated/α-hetero) is 4. The smallest absolute Gasteiger partial charge is 0.220 e. The third kappa shape index (κ3) is 17.4. The van der Waals surface area contributed by atoms with Crippen molar-refractivity contribution in [2.45, 2.75) is 249 Å². The van der Waals surface area contributed by atoms with Crippen LogP contribution in [0.25, 0.3) is 0 Å². The Bertz CT molecular complexity index is 899. The Labute approximate surface area is 306 Å². The van der Waals surface area contributed by atoms with Gasteiger partial charge in [0.25, 0.3) is 0 Å². The van der Waals surface area contributed by atoms with E-state index in [1.807, 2.05) is 0 Å². The van der Waals surface area contributed by atoms with E-state index in [0.717, 1.165) is 44.9 Å². The molecule has 1 saturated carbocycles. The van der Waals surface area contributed by atoms with Crippen LogP contribution in [0.4, 0.5) is 0 Å². The summed E-state index contributed by atoms with van der Waals surface area (Å²) >= 11 is 0. The van der Waals surface area contributed by atoms with Gasteiger partial charge in [-0.2, -0.15) is 0 Å². The maximum atomic E-state index is 13.4. The summed E-state index contributed by atoms with van der Waals surface area (Å²) in [6.45, 7) is 4.49. The lowest BCUT2D eigenvalue weighted by Gasteiger charge is -2.40. The van der Waals surface area contributed by atoms with Crippen LogP contribution in [0.15, 0.2) is 0 Å². The van der Waals surface area contributed by atoms with E-state index in [2.05, 4.69) is 13.8 Å². The molecule has 1 rings (SSSR count). The first-order valence-corrected chi connectivity index (χ1v) is 21.4. The Kier molecular flexibility index (Phi) is 27.1. The van der Waals surface area contributed by atoms with Crippen LogP contribution in [0.1, 0.15) is 232 Å². The van der Waals surface area contributed by atoms with Crippen LogP contribution in [-0.2, 0) is 19.2 Å². The summed E-state index contributed by atoms with van der Waals surface area (Å²) < 4.78 is 0. The Morgan fingerprint density at radius 3 is 1.08 bits per heavy atom. The molecule has 50 heavy (non-hydrogen) atoms. The lowest BCUT2D eigenvalue weighted by atomic mass is 9.70. The fourth-order valence-electron chi connectivity index (χ4n) is 7.61. The predicted molar refractivity (Wildman–Crippen MR) is 204 cm³/mol. The second-order valence-electron chi connectivity index (χ2n) is 15.5. The molecule has 0 aromatic rings. The summed E-state index contributed by atoms with van der Waals surface area (Å²) in [6, 6.07) is 0. The van der Waals surface area contributed by atoms with Crippen molar-refractivity contribution in [2.24, 2.45) is 0 Å². The molecule has 292 valence electrons. The minimum Gasteiger partial charge on any atom is -0.382 e. The number of carbonyl (C=O) groups excluding carboxylic acids is 4. The third-order valence-electron chi connectivity index (χ3n) is 11.1. The molecule has 0 spiro atoms. The van der Waals surface area contributed by atoms with Crippen molar-refractivity contribution in [3.63, 3.8) is 0 Å². The van der Waals surface area contributed by atoms with Crippen molar-refractivity contribution < 1.29 is 34.5 Å². The zero-order chi connectivity index (χ0) is 36.9. The minimum atomic E-state index is -3.15. The van der Waals surface area contributed by atoms with Crippen molar-refractivity contribution in [2.75, 3.05) is 0 Å². The van der Waals surface area contributed by atoms with E-state index in [9.17, 15) is 34.5 Å². The molecule has 0 radical (unpaired) electrons. The number of ketones is 4.